The summed E-state index contributed by atoms with van der Waals surface area (Å²) in [6.45, 7) is 2.43. The van der Waals surface area contributed by atoms with E-state index in [9.17, 15) is 9.59 Å². The van der Waals surface area contributed by atoms with Crippen molar-refractivity contribution in [1.29, 1.82) is 0 Å². The van der Waals surface area contributed by atoms with E-state index in [1.807, 2.05) is 24.3 Å². The number of alkyl halides is 1. The van der Waals surface area contributed by atoms with Crippen molar-refractivity contribution in [2.75, 3.05) is 74.8 Å². The Labute approximate surface area is 296 Å². The van der Waals surface area contributed by atoms with E-state index in [0.29, 0.717) is 80.6 Å². The van der Waals surface area contributed by atoms with Gasteiger partial charge in [0.1, 0.15) is 6.04 Å². The molecule has 2 atom stereocenters. The van der Waals surface area contributed by atoms with Crippen LogP contribution in [0, 0.1) is 0 Å². The summed E-state index contributed by atoms with van der Waals surface area (Å²) in [4.78, 5) is 24.1. The van der Waals surface area contributed by atoms with E-state index in [0.717, 1.165) is 41.7 Å². The molecular formula is C36H51Cl2NO9. The first-order chi connectivity index (χ1) is 22.7. The Bertz CT molecular complexity index is 1330. The standard InChI is InChI=1S/C36H51ClNO9.ClH/c1-38(17-12-20-47-35(40)14-10-8-7-9-13-34(39)46-19-11-16-37)18-15-27-24-30(41-2)31(42-3)25-28(27)29(38)21-26-22-32(43-4)36(45-6)33(23-26)44-5;/h7-8,22-25,29H,9-21H2,1-6H3;1H/q+1;/p-1/b8-7+;/t29-,38?;/m1./s1. The van der Waals surface area contributed by atoms with Crippen molar-refractivity contribution in [2.45, 2.75) is 57.4 Å². The number of carbonyl (C=O) groups is 2. The number of quaternary nitrogens is 1. The fourth-order valence-corrected chi connectivity index (χ4v) is 6.15. The topological polar surface area (TPSA) is 98.8 Å². The highest BCUT2D eigenvalue weighted by Gasteiger charge is 2.40. The molecule has 1 aliphatic rings. The van der Waals surface area contributed by atoms with Gasteiger partial charge in [0, 0.05) is 43.5 Å². The van der Waals surface area contributed by atoms with Gasteiger partial charge in [-0.05, 0) is 54.7 Å². The Hall–Kier alpha value is -3.34. The van der Waals surface area contributed by atoms with E-state index in [1.54, 1.807) is 35.5 Å². The fraction of sp³-hybridized carbons (Fsp3) is 0.556. The molecule has 0 aromatic heterocycles. The van der Waals surface area contributed by atoms with Crippen LogP contribution < -0.4 is 36.1 Å². The number of hydrogen-bond acceptors (Lipinski definition) is 9. The second-order valence-corrected chi connectivity index (χ2v) is 12.1. The molecule has 0 amide bonds. The lowest BCUT2D eigenvalue weighted by Gasteiger charge is -2.46. The van der Waals surface area contributed by atoms with E-state index in [1.165, 1.54) is 11.1 Å². The molecule has 0 fully saturated rings. The summed E-state index contributed by atoms with van der Waals surface area (Å²) >= 11 is 5.59. The van der Waals surface area contributed by atoms with Crippen LogP contribution in [0.25, 0.3) is 0 Å². The number of allylic oxidation sites excluding steroid dienone is 2. The Balaban J connectivity index is 0.00000800. The van der Waals surface area contributed by atoms with E-state index in [-0.39, 0.29) is 30.4 Å². The van der Waals surface area contributed by atoms with Gasteiger partial charge in [0.2, 0.25) is 5.75 Å². The zero-order valence-electron chi connectivity index (χ0n) is 29.1. The highest BCUT2D eigenvalue weighted by Crippen LogP contribution is 2.44. The molecule has 1 unspecified atom stereocenters. The zero-order valence-corrected chi connectivity index (χ0v) is 30.6. The molecule has 1 aliphatic heterocycles. The van der Waals surface area contributed by atoms with Gasteiger partial charge >= 0.3 is 11.9 Å². The van der Waals surface area contributed by atoms with Crippen LogP contribution in [0.4, 0.5) is 0 Å². The van der Waals surface area contributed by atoms with Gasteiger partial charge < -0.3 is 50.0 Å². The predicted octanol–water partition coefficient (Wildman–Crippen LogP) is 3.24. The minimum atomic E-state index is -0.239. The highest BCUT2D eigenvalue weighted by atomic mass is 35.5. The summed E-state index contributed by atoms with van der Waals surface area (Å²) < 4.78 is 39.6. The minimum absolute atomic E-state index is 0. The molecule has 10 nitrogen and oxygen atoms in total. The Morgan fingerprint density at radius 3 is 1.85 bits per heavy atom. The van der Waals surface area contributed by atoms with Crippen molar-refractivity contribution < 1.29 is 59.6 Å². The third-order valence-corrected chi connectivity index (χ3v) is 8.88. The summed E-state index contributed by atoms with van der Waals surface area (Å²) in [5, 5.41) is 0. The number of ether oxygens (including phenoxy) is 7. The maximum Gasteiger partial charge on any atom is 0.306 e. The Morgan fingerprint density at radius 1 is 0.792 bits per heavy atom. The first-order valence-corrected chi connectivity index (χ1v) is 16.7. The molecule has 1 heterocycles. The van der Waals surface area contributed by atoms with Gasteiger partial charge in [0.25, 0.3) is 0 Å². The molecule has 0 spiro atoms. The lowest BCUT2D eigenvalue weighted by atomic mass is 9.86. The maximum atomic E-state index is 12.4. The van der Waals surface area contributed by atoms with Crippen LogP contribution in [0.5, 0.6) is 28.7 Å². The number of esters is 2. The molecule has 2 aromatic carbocycles. The van der Waals surface area contributed by atoms with Crippen molar-refractivity contribution in [2.24, 2.45) is 0 Å². The second-order valence-electron chi connectivity index (χ2n) is 11.7. The van der Waals surface area contributed by atoms with Crippen molar-refractivity contribution >= 4 is 23.5 Å². The summed E-state index contributed by atoms with van der Waals surface area (Å²) in [6.07, 6.45) is 8.51. The molecule has 0 N–H and O–H groups in total. The number of carbonyl (C=O) groups excluding carboxylic acids is 2. The van der Waals surface area contributed by atoms with Gasteiger partial charge in [0.15, 0.2) is 23.0 Å². The van der Waals surface area contributed by atoms with Gasteiger partial charge in [-0.1, -0.05) is 12.2 Å². The third kappa shape index (κ3) is 11.4. The van der Waals surface area contributed by atoms with Crippen LogP contribution in [0.2, 0.25) is 0 Å². The monoisotopic (exact) mass is 711 g/mol. The number of hydrogen-bond donors (Lipinski definition) is 0. The normalized spacial score (nSPS) is 16.8. The van der Waals surface area contributed by atoms with Crippen molar-refractivity contribution in [1.82, 2.24) is 0 Å². The number of methoxy groups -OCH3 is 5. The van der Waals surface area contributed by atoms with Crippen LogP contribution in [-0.4, -0.2) is 91.2 Å². The smallest absolute Gasteiger partial charge is 0.306 e. The van der Waals surface area contributed by atoms with Crippen LogP contribution in [-0.2, 0) is 31.9 Å². The number of nitrogens with zero attached hydrogens (tertiary/aromatic N) is 1. The van der Waals surface area contributed by atoms with E-state index < -0.39 is 0 Å². The van der Waals surface area contributed by atoms with Gasteiger partial charge in [-0.15, -0.1) is 11.6 Å². The number of fused-ring (bicyclic) bond motifs is 1. The molecule has 0 radical (unpaired) electrons. The molecule has 0 bridgehead atoms. The number of rotatable bonds is 20. The fourth-order valence-electron chi connectivity index (χ4n) is 6.04. The molecule has 12 heteroatoms. The van der Waals surface area contributed by atoms with Gasteiger partial charge in [-0.3, -0.25) is 9.59 Å². The predicted molar refractivity (Wildman–Crippen MR) is 181 cm³/mol. The molecule has 0 saturated carbocycles. The van der Waals surface area contributed by atoms with Gasteiger partial charge in [-0.2, -0.15) is 0 Å². The number of benzene rings is 2. The molecule has 48 heavy (non-hydrogen) atoms. The van der Waals surface area contributed by atoms with E-state index in [2.05, 4.69) is 19.2 Å². The molecular weight excluding hydrogens is 661 g/mol. The van der Waals surface area contributed by atoms with Crippen molar-refractivity contribution in [3.63, 3.8) is 0 Å². The minimum Gasteiger partial charge on any atom is -1.00 e. The zero-order chi connectivity index (χ0) is 34.2. The highest BCUT2D eigenvalue weighted by molar-refractivity contribution is 6.17. The lowest BCUT2D eigenvalue weighted by Crippen LogP contribution is -3.00. The molecule has 2 aromatic rings. The van der Waals surface area contributed by atoms with Crippen LogP contribution >= 0.6 is 11.6 Å². The summed E-state index contributed by atoms with van der Waals surface area (Å²) in [7, 11) is 10.4. The SMILES string of the molecule is COc1cc2c(cc1OC)[C@@H](Cc1cc(OC)c(OC)c(OC)c1)[N+](C)(CCCOC(=O)CC/C=C/CCC(=O)OCCCCl)CC2.[Cl-]. The molecule has 3 rings (SSSR count). The van der Waals surface area contributed by atoms with Crippen LogP contribution in [0.15, 0.2) is 36.4 Å². The second kappa shape index (κ2) is 20.9. The largest absolute Gasteiger partial charge is 1.00 e. The third-order valence-electron chi connectivity index (χ3n) is 8.62. The Morgan fingerprint density at radius 2 is 1.33 bits per heavy atom. The Kier molecular flexibility index (Phi) is 17.8. The first kappa shape index (κ1) is 40.8. The molecule has 268 valence electrons. The van der Waals surface area contributed by atoms with E-state index >= 15 is 0 Å². The van der Waals surface area contributed by atoms with Crippen molar-refractivity contribution in [3.05, 3.63) is 53.1 Å². The quantitative estimate of drug-likeness (QED) is 0.0674. The number of halogens is 2. The average molecular weight is 713 g/mol. The van der Waals surface area contributed by atoms with E-state index in [4.69, 9.17) is 44.8 Å². The lowest BCUT2D eigenvalue weighted by molar-refractivity contribution is -0.941. The van der Waals surface area contributed by atoms with Crippen molar-refractivity contribution in [3.8, 4) is 28.7 Å². The molecule has 0 aliphatic carbocycles. The van der Waals surface area contributed by atoms with Gasteiger partial charge in [-0.25, -0.2) is 0 Å². The van der Waals surface area contributed by atoms with Gasteiger partial charge in [0.05, 0.1) is 68.9 Å². The summed E-state index contributed by atoms with van der Waals surface area (Å²) in [5.41, 5.74) is 3.50. The maximum absolute atomic E-state index is 12.4. The molecule has 0 saturated heterocycles. The first-order valence-electron chi connectivity index (χ1n) is 16.1. The van der Waals surface area contributed by atoms with Crippen LogP contribution in [0.3, 0.4) is 0 Å². The van der Waals surface area contributed by atoms with Crippen LogP contribution in [0.1, 0.15) is 61.3 Å². The summed E-state index contributed by atoms with van der Waals surface area (Å²) in [6, 6.07) is 8.28. The number of likely N-dealkylation sites (N-methyl/N-ethyl adjacent to an activating group) is 1. The summed E-state index contributed by atoms with van der Waals surface area (Å²) in [5.74, 6) is 3.20. The average Bonchev–Trinajstić information content (AvgIpc) is 3.08.